The van der Waals surface area contributed by atoms with E-state index < -0.39 is 0 Å². The van der Waals surface area contributed by atoms with Crippen LogP contribution in [0.1, 0.15) is 13.8 Å². The van der Waals surface area contributed by atoms with Gasteiger partial charge in [-0.2, -0.15) is 0 Å². The van der Waals surface area contributed by atoms with Crippen LogP contribution in [0.5, 0.6) is 0 Å². The Morgan fingerprint density at radius 1 is 0.634 bits per heavy atom. The number of hydrogen-bond acceptors (Lipinski definition) is 4. The van der Waals surface area contributed by atoms with E-state index in [0.717, 1.165) is 39.0 Å². The van der Waals surface area contributed by atoms with Crippen LogP contribution in [0, 0.1) is 0 Å². The molecular formula is C37H27NOS2. The maximum Gasteiger partial charge on any atom is 0.159 e. The van der Waals surface area contributed by atoms with Gasteiger partial charge in [-0.05, 0) is 65.4 Å². The van der Waals surface area contributed by atoms with Crippen molar-refractivity contribution in [2.45, 2.75) is 24.0 Å². The summed E-state index contributed by atoms with van der Waals surface area (Å²) in [4.78, 5) is 3.62. The molecule has 2 heterocycles. The van der Waals surface area contributed by atoms with Crippen molar-refractivity contribution >= 4 is 93.0 Å². The molecule has 8 rings (SSSR count). The van der Waals surface area contributed by atoms with Crippen molar-refractivity contribution in [3.05, 3.63) is 121 Å². The van der Waals surface area contributed by atoms with E-state index in [-0.39, 0.29) is 0 Å². The van der Waals surface area contributed by atoms with Crippen molar-refractivity contribution in [2.75, 3.05) is 4.90 Å². The molecule has 0 fully saturated rings. The fourth-order valence-corrected chi connectivity index (χ4v) is 7.95. The molecule has 0 aliphatic carbocycles. The van der Waals surface area contributed by atoms with Gasteiger partial charge >= 0.3 is 0 Å². The summed E-state index contributed by atoms with van der Waals surface area (Å²) in [6.07, 6.45) is 0. The smallest absolute Gasteiger partial charge is 0.159 e. The Morgan fingerprint density at radius 2 is 1.39 bits per heavy atom. The second kappa shape index (κ2) is 9.69. The van der Waals surface area contributed by atoms with Crippen molar-refractivity contribution in [3.8, 4) is 0 Å². The lowest BCUT2D eigenvalue weighted by molar-refractivity contribution is 0.669. The molecule has 0 amide bonds. The molecule has 0 aliphatic rings. The van der Waals surface area contributed by atoms with E-state index in [2.05, 4.69) is 134 Å². The maximum absolute atomic E-state index is 6.52. The fraction of sp³-hybridized carbons (Fsp3) is 0.0811. The molecule has 2 nitrogen and oxygen atoms in total. The van der Waals surface area contributed by atoms with Crippen molar-refractivity contribution in [1.29, 1.82) is 0 Å². The maximum atomic E-state index is 6.52. The number of para-hydroxylation sites is 2. The summed E-state index contributed by atoms with van der Waals surface area (Å²) in [7, 11) is 0. The van der Waals surface area contributed by atoms with Gasteiger partial charge in [0.15, 0.2) is 5.58 Å². The second-order valence-electron chi connectivity index (χ2n) is 10.7. The Labute approximate surface area is 246 Å². The second-order valence-corrected chi connectivity index (χ2v) is 13.4. The van der Waals surface area contributed by atoms with E-state index in [1.165, 1.54) is 35.8 Å². The minimum Gasteiger partial charge on any atom is -0.454 e. The number of rotatable bonds is 5. The van der Waals surface area contributed by atoms with Crippen LogP contribution >= 0.6 is 23.1 Å². The van der Waals surface area contributed by atoms with Gasteiger partial charge in [0, 0.05) is 52.5 Å². The normalized spacial score (nSPS) is 12.0. The van der Waals surface area contributed by atoms with E-state index in [0.29, 0.717) is 5.25 Å². The summed E-state index contributed by atoms with van der Waals surface area (Å²) in [5.74, 6) is 0. The zero-order valence-electron chi connectivity index (χ0n) is 22.8. The Hall–Kier alpha value is -4.25. The number of benzene rings is 6. The Bertz CT molecular complexity index is 2220. The van der Waals surface area contributed by atoms with Gasteiger partial charge in [0.05, 0.1) is 5.69 Å². The molecule has 0 unspecified atom stereocenters. The van der Waals surface area contributed by atoms with E-state index in [1.807, 2.05) is 29.2 Å². The van der Waals surface area contributed by atoms with E-state index in [1.54, 1.807) is 0 Å². The summed E-state index contributed by atoms with van der Waals surface area (Å²) in [6.45, 7) is 4.47. The number of nitrogens with zero attached hydrogens (tertiary/aromatic N) is 1. The summed E-state index contributed by atoms with van der Waals surface area (Å²) in [5.41, 5.74) is 5.07. The molecule has 6 aromatic carbocycles. The van der Waals surface area contributed by atoms with Crippen LogP contribution in [0.15, 0.2) is 131 Å². The third kappa shape index (κ3) is 4.09. The van der Waals surface area contributed by atoms with Gasteiger partial charge in [-0.15, -0.1) is 23.1 Å². The lowest BCUT2D eigenvalue weighted by atomic mass is 10.0. The molecular weight excluding hydrogens is 539 g/mol. The van der Waals surface area contributed by atoms with Crippen LogP contribution in [0.2, 0.25) is 0 Å². The van der Waals surface area contributed by atoms with Crippen molar-refractivity contribution in [1.82, 2.24) is 0 Å². The highest BCUT2D eigenvalue weighted by Gasteiger charge is 2.20. The van der Waals surface area contributed by atoms with Gasteiger partial charge in [-0.3, -0.25) is 0 Å². The lowest BCUT2D eigenvalue weighted by Crippen LogP contribution is -2.10. The van der Waals surface area contributed by atoms with Crippen LogP contribution in [0.25, 0.3) is 52.9 Å². The standard InChI is InChI=1S/C37H27NOS2/c1-23(2)40-27-18-15-25(16-19-27)38(32-12-7-11-30-29-10-5-6-13-33(29)39-37(30)32)26-17-20-31-35(22-26)41-34-21-14-24-8-3-4-9-28(24)36(31)34/h3-23H,1-2H3. The van der Waals surface area contributed by atoms with E-state index in [4.69, 9.17) is 4.42 Å². The Kier molecular flexibility index (Phi) is 5.80. The zero-order chi connectivity index (χ0) is 27.5. The van der Waals surface area contributed by atoms with Crippen LogP contribution in [-0.4, -0.2) is 5.25 Å². The lowest BCUT2D eigenvalue weighted by Gasteiger charge is -2.26. The molecule has 0 bridgehead atoms. The fourth-order valence-electron chi connectivity index (χ4n) is 5.96. The molecule has 0 saturated heterocycles. The molecule has 0 spiro atoms. The number of thiophene rings is 1. The Morgan fingerprint density at radius 3 is 2.24 bits per heavy atom. The van der Waals surface area contributed by atoms with Crippen molar-refractivity contribution in [3.63, 3.8) is 0 Å². The number of anilines is 3. The van der Waals surface area contributed by atoms with Crippen LogP contribution < -0.4 is 4.90 Å². The van der Waals surface area contributed by atoms with Gasteiger partial charge in [-0.1, -0.05) is 80.6 Å². The number of furan rings is 1. The topological polar surface area (TPSA) is 16.4 Å². The van der Waals surface area contributed by atoms with Crippen LogP contribution in [-0.2, 0) is 0 Å². The minimum absolute atomic E-state index is 0.535. The highest BCUT2D eigenvalue weighted by Crippen LogP contribution is 2.45. The van der Waals surface area contributed by atoms with Gasteiger partial charge in [0.25, 0.3) is 0 Å². The predicted octanol–water partition coefficient (Wildman–Crippen LogP) is 12.1. The van der Waals surface area contributed by atoms with Crippen molar-refractivity contribution in [2.24, 2.45) is 0 Å². The highest BCUT2D eigenvalue weighted by molar-refractivity contribution is 7.99. The molecule has 0 radical (unpaired) electrons. The quantitative estimate of drug-likeness (QED) is 0.193. The van der Waals surface area contributed by atoms with Gasteiger partial charge in [-0.25, -0.2) is 0 Å². The monoisotopic (exact) mass is 565 g/mol. The molecule has 198 valence electrons. The minimum atomic E-state index is 0.535. The van der Waals surface area contributed by atoms with E-state index in [9.17, 15) is 0 Å². The predicted molar refractivity (Wildman–Crippen MR) is 180 cm³/mol. The summed E-state index contributed by atoms with van der Waals surface area (Å²) in [5, 5.41) is 8.04. The summed E-state index contributed by atoms with van der Waals surface area (Å²) in [6, 6.07) is 43.8. The van der Waals surface area contributed by atoms with Gasteiger partial charge in [0.2, 0.25) is 0 Å². The Balaban J connectivity index is 1.36. The van der Waals surface area contributed by atoms with Gasteiger partial charge in [0.1, 0.15) is 5.58 Å². The molecule has 4 heteroatoms. The van der Waals surface area contributed by atoms with Gasteiger partial charge < -0.3 is 9.32 Å². The first-order valence-electron chi connectivity index (χ1n) is 14.0. The first-order chi connectivity index (χ1) is 20.1. The largest absolute Gasteiger partial charge is 0.454 e. The van der Waals surface area contributed by atoms with Crippen molar-refractivity contribution < 1.29 is 4.42 Å². The first-order valence-corrected chi connectivity index (χ1v) is 15.6. The average Bonchev–Trinajstić information content (AvgIpc) is 3.57. The molecule has 2 aromatic heterocycles. The molecule has 0 aliphatic heterocycles. The average molecular weight is 566 g/mol. The third-order valence-corrected chi connectivity index (χ3v) is 9.83. The first kappa shape index (κ1) is 24.5. The van der Waals surface area contributed by atoms with Crippen LogP contribution in [0.3, 0.4) is 0 Å². The molecule has 0 saturated carbocycles. The summed E-state index contributed by atoms with van der Waals surface area (Å²) < 4.78 is 9.12. The molecule has 8 aromatic rings. The highest BCUT2D eigenvalue weighted by atomic mass is 32.2. The zero-order valence-corrected chi connectivity index (χ0v) is 24.4. The van der Waals surface area contributed by atoms with E-state index >= 15 is 0 Å². The summed E-state index contributed by atoms with van der Waals surface area (Å²) >= 11 is 3.75. The molecule has 41 heavy (non-hydrogen) atoms. The SMILES string of the molecule is CC(C)Sc1ccc(N(c2ccc3c(c2)sc2ccc4ccccc4c23)c2cccc3c2oc2ccccc23)cc1. The number of fused-ring (bicyclic) bond motifs is 8. The number of thioether (sulfide) groups is 1. The molecule has 0 N–H and O–H groups in total. The van der Waals surface area contributed by atoms with Crippen LogP contribution in [0.4, 0.5) is 17.1 Å². The number of hydrogen-bond donors (Lipinski definition) is 0. The molecule has 0 atom stereocenters. The third-order valence-electron chi connectivity index (χ3n) is 7.69.